The lowest BCUT2D eigenvalue weighted by atomic mass is 10.1. The van der Waals surface area contributed by atoms with E-state index in [2.05, 4.69) is 10.0 Å². The maximum atomic E-state index is 12.9. The predicted octanol–water partition coefficient (Wildman–Crippen LogP) is 4.15. The fourth-order valence-electron chi connectivity index (χ4n) is 3.92. The van der Waals surface area contributed by atoms with Crippen molar-refractivity contribution in [2.75, 3.05) is 7.11 Å². The topological polar surface area (TPSA) is 97.6 Å². The molecule has 164 valence electrons. The molecule has 3 aromatic rings. The van der Waals surface area contributed by atoms with E-state index in [-0.39, 0.29) is 22.3 Å². The Balaban J connectivity index is 1.55. The molecule has 8 heteroatoms. The summed E-state index contributed by atoms with van der Waals surface area (Å²) in [6.07, 6.45) is 3.65. The SMILES string of the molecule is COc1ccc(C(=O)N[C@H](C)c2cc3ccccc3o2)cc1S(=O)(=O)NC1CCCC1. The number of hydrogen-bond acceptors (Lipinski definition) is 5. The van der Waals surface area contributed by atoms with E-state index in [0.29, 0.717) is 5.76 Å². The van der Waals surface area contributed by atoms with Gasteiger partial charge in [-0.1, -0.05) is 31.0 Å². The second-order valence-electron chi connectivity index (χ2n) is 7.85. The molecule has 7 nitrogen and oxygen atoms in total. The number of nitrogens with one attached hydrogen (secondary N) is 2. The van der Waals surface area contributed by atoms with Gasteiger partial charge in [-0.25, -0.2) is 13.1 Å². The quantitative estimate of drug-likeness (QED) is 0.573. The van der Waals surface area contributed by atoms with E-state index in [1.165, 1.54) is 19.2 Å². The number of para-hydroxylation sites is 1. The molecule has 0 saturated heterocycles. The molecular formula is C23H26N2O5S. The van der Waals surface area contributed by atoms with Crippen LogP contribution in [0.5, 0.6) is 5.75 Å². The molecule has 1 heterocycles. The fourth-order valence-corrected chi connectivity index (χ4v) is 5.42. The normalized spacial score (nSPS) is 15.8. The van der Waals surface area contributed by atoms with Crippen LogP contribution in [0.3, 0.4) is 0 Å². The maximum absolute atomic E-state index is 12.9. The molecule has 1 atom stereocenters. The highest BCUT2D eigenvalue weighted by molar-refractivity contribution is 7.89. The summed E-state index contributed by atoms with van der Waals surface area (Å²) in [6.45, 7) is 1.82. The van der Waals surface area contributed by atoms with E-state index in [9.17, 15) is 13.2 Å². The average Bonchev–Trinajstić information content (AvgIpc) is 3.42. The number of hydrogen-bond donors (Lipinski definition) is 2. The van der Waals surface area contributed by atoms with Crippen LogP contribution in [0.25, 0.3) is 11.0 Å². The van der Waals surface area contributed by atoms with Gasteiger partial charge < -0.3 is 14.5 Å². The number of fused-ring (bicyclic) bond motifs is 1. The molecule has 1 aliphatic rings. The summed E-state index contributed by atoms with van der Waals surface area (Å²) in [5, 5.41) is 3.83. The molecule has 4 rings (SSSR count). The lowest BCUT2D eigenvalue weighted by Gasteiger charge is -2.16. The minimum absolute atomic E-state index is 0.0362. The lowest BCUT2D eigenvalue weighted by molar-refractivity contribution is 0.0935. The molecule has 1 fully saturated rings. The Hall–Kier alpha value is -2.84. The van der Waals surface area contributed by atoms with Crippen LogP contribution >= 0.6 is 0 Å². The summed E-state index contributed by atoms with van der Waals surface area (Å²) >= 11 is 0. The molecule has 2 aromatic carbocycles. The third-order valence-electron chi connectivity index (χ3n) is 5.61. The Morgan fingerprint density at radius 2 is 1.87 bits per heavy atom. The summed E-state index contributed by atoms with van der Waals surface area (Å²) in [5.41, 5.74) is 0.977. The van der Waals surface area contributed by atoms with Gasteiger partial charge in [0.1, 0.15) is 22.0 Å². The zero-order valence-corrected chi connectivity index (χ0v) is 18.4. The smallest absolute Gasteiger partial charge is 0.251 e. The molecule has 2 N–H and O–H groups in total. The predicted molar refractivity (Wildman–Crippen MR) is 118 cm³/mol. The van der Waals surface area contributed by atoms with Crippen LogP contribution in [0, 0.1) is 0 Å². The first-order valence-electron chi connectivity index (χ1n) is 10.4. The molecule has 1 aromatic heterocycles. The number of carbonyl (C=O) groups is 1. The minimum Gasteiger partial charge on any atom is -0.495 e. The molecule has 1 aliphatic carbocycles. The van der Waals surface area contributed by atoms with Gasteiger partial charge >= 0.3 is 0 Å². The van der Waals surface area contributed by atoms with Gasteiger partial charge in [-0.05, 0) is 50.1 Å². The van der Waals surface area contributed by atoms with Crippen molar-refractivity contribution in [1.29, 1.82) is 0 Å². The first-order chi connectivity index (χ1) is 14.9. The van der Waals surface area contributed by atoms with Crippen LogP contribution in [-0.4, -0.2) is 27.5 Å². The van der Waals surface area contributed by atoms with Crippen LogP contribution in [-0.2, 0) is 10.0 Å². The summed E-state index contributed by atoms with van der Waals surface area (Å²) in [4.78, 5) is 12.8. The number of furan rings is 1. The summed E-state index contributed by atoms with van der Waals surface area (Å²) in [5.74, 6) is 0.430. The van der Waals surface area contributed by atoms with Crippen LogP contribution in [0.4, 0.5) is 0 Å². The second-order valence-corrected chi connectivity index (χ2v) is 9.53. The van der Waals surface area contributed by atoms with Gasteiger partial charge in [-0.3, -0.25) is 4.79 Å². The minimum atomic E-state index is -3.81. The van der Waals surface area contributed by atoms with Gasteiger partial charge in [0, 0.05) is 17.0 Å². The van der Waals surface area contributed by atoms with Crippen LogP contribution in [0.1, 0.15) is 54.8 Å². The second kappa shape index (κ2) is 8.72. The van der Waals surface area contributed by atoms with Gasteiger partial charge in [0.05, 0.1) is 13.2 Å². The monoisotopic (exact) mass is 442 g/mol. The summed E-state index contributed by atoms with van der Waals surface area (Å²) in [7, 11) is -2.40. The number of methoxy groups -OCH3 is 1. The van der Waals surface area contributed by atoms with E-state index < -0.39 is 22.0 Å². The van der Waals surface area contributed by atoms with E-state index in [1.807, 2.05) is 37.3 Å². The average molecular weight is 443 g/mol. The Morgan fingerprint density at radius 1 is 1.13 bits per heavy atom. The highest BCUT2D eigenvalue weighted by Gasteiger charge is 2.27. The molecule has 0 aliphatic heterocycles. The van der Waals surface area contributed by atoms with Gasteiger partial charge in [-0.2, -0.15) is 0 Å². The van der Waals surface area contributed by atoms with E-state index in [0.717, 1.165) is 36.7 Å². The van der Waals surface area contributed by atoms with Gasteiger partial charge in [0.15, 0.2) is 0 Å². The Bertz CT molecular complexity index is 1160. The molecule has 0 bridgehead atoms. The van der Waals surface area contributed by atoms with Crippen molar-refractivity contribution in [3.05, 3.63) is 59.9 Å². The van der Waals surface area contributed by atoms with Gasteiger partial charge in [-0.15, -0.1) is 0 Å². The Kier molecular flexibility index (Phi) is 6.02. The van der Waals surface area contributed by atoms with Crippen molar-refractivity contribution in [3.8, 4) is 5.75 Å². The number of ether oxygens (including phenoxy) is 1. The summed E-state index contributed by atoms with van der Waals surface area (Å²) < 4.78 is 39.7. The number of amides is 1. The Morgan fingerprint density at radius 3 is 2.58 bits per heavy atom. The van der Waals surface area contributed by atoms with Crippen molar-refractivity contribution in [1.82, 2.24) is 10.0 Å². The molecule has 1 saturated carbocycles. The molecule has 0 radical (unpaired) electrons. The van der Waals surface area contributed by atoms with Crippen LogP contribution in [0.2, 0.25) is 0 Å². The van der Waals surface area contributed by atoms with Gasteiger partial charge in [0.2, 0.25) is 10.0 Å². The Labute approximate surface area is 181 Å². The highest BCUT2D eigenvalue weighted by Crippen LogP contribution is 2.28. The van der Waals surface area contributed by atoms with E-state index in [1.54, 1.807) is 6.07 Å². The first kappa shape index (κ1) is 21.4. The zero-order chi connectivity index (χ0) is 22.0. The number of sulfonamides is 1. The molecule has 31 heavy (non-hydrogen) atoms. The summed E-state index contributed by atoms with van der Waals surface area (Å²) in [6, 6.07) is 13.4. The third-order valence-corrected chi connectivity index (χ3v) is 7.15. The van der Waals surface area contributed by atoms with Crippen molar-refractivity contribution in [2.24, 2.45) is 0 Å². The molecular weight excluding hydrogens is 416 g/mol. The number of carbonyl (C=O) groups excluding carboxylic acids is 1. The first-order valence-corrected chi connectivity index (χ1v) is 11.9. The number of benzene rings is 2. The fraction of sp³-hybridized carbons (Fsp3) is 0.348. The molecule has 1 amide bonds. The van der Waals surface area contributed by atoms with Crippen molar-refractivity contribution >= 4 is 26.9 Å². The standard InChI is InChI=1S/C23H26N2O5S/c1-15(21-13-16-7-3-6-10-19(16)30-21)24-23(26)17-11-12-20(29-2)22(14-17)31(27,28)25-18-8-4-5-9-18/h3,6-7,10-15,18,25H,4-5,8-9H2,1-2H3,(H,24,26)/t15-/m1/s1. The van der Waals surface area contributed by atoms with E-state index >= 15 is 0 Å². The van der Waals surface area contributed by atoms with Gasteiger partial charge in [0.25, 0.3) is 5.91 Å². The zero-order valence-electron chi connectivity index (χ0n) is 17.6. The number of rotatable bonds is 7. The van der Waals surface area contributed by atoms with Crippen molar-refractivity contribution in [2.45, 2.75) is 49.6 Å². The van der Waals surface area contributed by atoms with Crippen LogP contribution < -0.4 is 14.8 Å². The maximum Gasteiger partial charge on any atom is 0.251 e. The third kappa shape index (κ3) is 4.60. The highest BCUT2D eigenvalue weighted by atomic mass is 32.2. The van der Waals surface area contributed by atoms with Crippen molar-refractivity contribution in [3.63, 3.8) is 0 Å². The lowest BCUT2D eigenvalue weighted by Crippen LogP contribution is -2.33. The van der Waals surface area contributed by atoms with E-state index in [4.69, 9.17) is 9.15 Å². The van der Waals surface area contributed by atoms with Crippen molar-refractivity contribution < 1.29 is 22.4 Å². The molecule has 0 spiro atoms. The largest absolute Gasteiger partial charge is 0.495 e. The molecule has 0 unspecified atom stereocenters. The van der Waals surface area contributed by atoms with Crippen LogP contribution in [0.15, 0.2) is 57.8 Å².